The van der Waals surface area contributed by atoms with Crippen LogP contribution in [0.15, 0.2) is 24.3 Å². The number of hydrogen-bond donors (Lipinski definition) is 1. The van der Waals surface area contributed by atoms with Gasteiger partial charge in [-0.1, -0.05) is 19.1 Å². The predicted octanol–water partition coefficient (Wildman–Crippen LogP) is 2.30. The molecular weight excluding hydrogens is 233 g/mol. The fraction of sp³-hybridized carbons (Fsp3) is 0.500. The van der Waals surface area contributed by atoms with Gasteiger partial charge in [0.25, 0.3) is 0 Å². The van der Waals surface area contributed by atoms with Gasteiger partial charge < -0.3 is 10.1 Å². The summed E-state index contributed by atoms with van der Waals surface area (Å²) in [6.45, 7) is 5.51. The average molecular weight is 253 g/mol. The molecule has 100 valence electrons. The van der Waals surface area contributed by atoms with E-state index in [-0.39, 0.29) is 24.3 Å². The number of benzene rings is 1. The van der Waals surface area contributed by atoms with Crippen molar-refractivity contribution in [3.05, 3.63) is 35.6 Å². The summed E-state index contributed by atoms with van der Waals surface area (Å²) in [5, 5.41) is 3.18. The molecule has 18 heavy (non-hydrogen) atoms. The van der Waals surface area contributed by atoms with Crippen molar-refractivity contribution >= 4 is 5.97 Å². The molecule has 1 rings (SSSR count). The highest BCUT2D eigenvalue weighted by Crippen LogP contribution is 2.05. The molecule has 0 aliphatic rings. The monoisotopic (exact) mass is 253 g/mol. The quantitative estimate of drug-likeness (QED) is 0.598. The van der Waals surface area contributed by atoms with Crippen LogP contribution in [0.2, 0.25) is 0 Å². The van der Waals surface area contributed by atoms with Gasteiger partial charge in [-0.25, -0.2) is 4.39 Å². The standard InChI is InChI=1S/C14H20FNO2/c1-3-8-16-10-11(2)18-14(17)9-12-4-6-13(15)7-5-12/h4-7,11,16H,3,8-10H2,1-2H3. The minimum Gasteiger partial charge on any atom is -0.461 e. The SMILES string of the molecule is CCCNCC(C)OC(=O)Cc1ccc(F)cc1. The van der Waals surface area contributed by atoms with Crippen molar-refractivity contribution < 1.29 is 13.9 Å². The molecule has 0 spiro atoms. The average Bonchev–Trinajstić information content (AvgIpc) is 2.32. The third-order valence-corrected chi connectivity index (χ3v) is 2.45. The molecule has 0 aromatic heterocycles. The maximum atomic E-state index is 12.7. The zero-order valence-corrected chi connectivity index (χ0v) is 10.9. The van der Waals surface area contributed by atoms with Gasteiger partial charge in [-0.3, -0.25) is 4.79 Å². The van der Waals surface area contributed by atoms with Crippen molar-refractivity contribution in [2.24, 2.45) is 0 Å². The lowest BCUT2D eigenvalue weighted by atomic mass is 10.1. The number of carbonyl (C=O) groups is 1. The molecule has 1 atom stereocenters. The van der Waals surface area contributed by atoms with E-state index in [1.54, 1.807) is 12.1 Å². The molecule has 0 saturated carbocycles. The molecule has 0 radical (unpaired) electrons. The number of esters is 1. The number of nitrogens with one attached hydrogen (secondary N) is 1. The lowest BCUT2D eigenvalue weighted by Gasteiger charge is -2.13. The minimum absolute atomic E-state index is 0.149. The second-order valence-corrected chi connectivity index (χ2v) is 4.31. The molecule has 0 bridgehead atoms. The predicted molar refractivity (Wildman–Crippen MR) is 68.8 cm³/mol. The van der Waals surface area contributed by atoms with E-state index in [2.05, 4.69) is 12.2 Å². The van der Waals surface area contributed by atoms with Gasteiger partial charge in [0.2, 0.25) is 0 Å². The van der Waals surface area contributed by atoms with Gasteiger partial charge in [0.05, 0.1) is 6.42 Å². The van der Waals surface area contributed by atoms with Gasteiger partial charge in [0.15, 0.2) is 0 Å². The van der Waals surface area contributed by atoms with Crippen LogP contribution >= 0.6 is 0 Å². The Balaban J connectivity index is 2.30. The number of carbonyl (C=O) groups excluding carboxylic acids is 1. The van der Waals surface area contributed by atoms with Crippen molar-refractivity contribution in [3.63, 3.8) is 0 Å². The molecule has 1 unspecified atom stereocenters. The van der Waals surface area contributed by atoms with E-state index < -0.39 is 0 Å². The zero-order valence-electron chi connectivity index (χ0n) is 10.9. The van der Waals surface area contributed by atoms with Crippen molar-refractivity contribution in [2.45, 2.75) is 32.8 Å². The third kappa shape index (κ3) is 5.77. The van der Waals surface area contributed by atoms with Crippen molar-refractivity contribution in [1.29, 1.82) is 0 Å². The lowest BCUT2D eigenvalue weighted by molar-refractivity contribution is -0.147. The Hall–Kier alpha value is -1.42. The van der Waals surface area contributed by atoms with Crippen molar-refractivity contribution in [2.75, 3.05) is 13.1 Å². The number of rotatable bonds is 7. The molecule has 1 N–H and O–H groups in total. The Morgan fingerprint density at radius 1 is 1.39 bits per heavy atom. The molecule has 0 aliphatic carbocycles. The van der Waals surface area contributed by atoms with Crippen LogP contribution in [-0.4, -0.2) is 25.2 Å². The summed E-state index contributed by atoms with van der Waals surface area (Å²) in [6.07, 6.45) is 1.08. The Morgan fingerprint density at radius 2 is 2.06 bits per heavy atom. The maximum absolute atomic E-state index is 12.7. The Morgan fingerprint density at radius 3 is 2.67 bits per heavy atom. The molecule has 0 aliphatic heterocycles. The first kappa shape index (κ1) is 14.6. The highest BCUT2D eigenvalue weighted by molar-refractivity contribution is 5.72. The first-order chi connectivity index (χ1) is 8.61. The fourth-order valence-corrected chi connectivity index (χ4v) is 1.56. The van der Waals surface area contributed by atoms with Crippen molar-refractivity contribution in [3.8, 4) is 0 Å². The van der Waals surface area contributed by atoms with Gasteiger partial charge in [-0.15, -0.1) is 0 Å². The summed E-state index contributed by atoms with van der Waals surface area (Å²) in [7, 11) is 0. The smallest absolute Gasteiger partial charge is 0.310 e. The zero-order chi connectivity index (χ0) is 13.4. The van der Waals surface area contributed by atoms with Crippen LogP contribution in [0.5, 0.6) is 0 Å². The van der Waals surface area contributed by atoms with Crippen LogP contribution in [0.25, 0.3) is 0 Å². The number of ether oxygens (including phenoxy) is 1. The molecule has 3 nitrogen and oxygen atoms in total. The summed E-state index contributed by atoms with van der Waals surface area (Å²) < 4.78 is 17.9. The van der Waals surface area contributed by atoms with E-state index >= 15 is 0 Å². The second-order valence-electron chi connectivity index (χ2n) is 4.31. The van der Waals surface area contributed by atoms with Gasteiger partial charge in [0, 0.05) is 6.54 Å². The Bertz CT molecular complexity index is 365. The van der Waals surface area contributed by atoms with E-state index in [1.165, 1.54) is 12.1 Å². The molecule has 0 amide bonds. The summed E-state index contributed by atoms with van der Waals surface area (Å²) in [4.78, 5) is 11.6. The highest BCUT2D eigenvalue weighted by atomic mass is 19.1. The van der Waals surface area contributed by atoms with E-state index in [0.29, 0.717) is 6.54 Å². The Kier molecular flexibility index (Phi) is 6.36. The molecule has 0 heterocycles. The van der Waals surface area contributed by atoms with Crippen LogP contribution in [0, 0.1) is 5.82 Å². The Labute approximate surface area is 107 Å². The van der Waals surface area contributed by atoms with Crippen LogP contribution in [0.4, 0.5) is 4.39 Å². The maximum Gasteiger partial charge on any atom is 0.310 e. The fourth-order valence-electron chi connectivity index (χ4n) is 1.56. The van der Waals surface area contributed by atoms with E-state index in [0.717, 1.165) is 18.5 Å². The third-order valence-electron chi connectivity index (χ3n) is 2.45. The summed E-state index contributed by atoms with van der Waals surface area (Å²) in [5.74, 6) is -0.586. The topological polar surface area (TPSA) is 38.3 Å². The van der Waals surface area contributed by atoms with Gasteiger partial charge >= 0.3 is 5.97 Å². The lowest BCUT2D eigenvalue weighted by Crippen LogP contribution is -2.29. The number of hydrogen-bond acceptors (Lipinski definition) is 3. The minimum atomic E-state index is -0.302. The van der Waals surface area contributed by atoms with E-state index in [1.807, 2.05) is 6.92 Å². The van der Waals surface area contributed by atoms with Crippen LogP contribution in [0.1, 0.15) is 25.8 Å². The largest absolute Gasteiger partial charge is 0.461 e. The van der Waals surface area contributed by atoms with Gasteiger partial charge in [0.1, 0.15) is 11.9 Å². The summed E-state index contributed by atoms with van der Waals surface area (Å²) in [5.41, 5.74) is 0.759. The van der Waals surface area contributed by atoms with Crippen LogP contribution < -0.4 is 5.32 Å². The molecule has 0 saturated heterocycles. The van der Waals surface area contributed by atoms with Crippen molar-refractivity contribution in [1.82, 2.24) is 5.32 Å². The molecule has 1 aromatic rings. The van der Waals surface area contributed by atoms with Gasteiger partial charge in [-0.05, 0) is 37.6 Å². The second kappa shape index (κ2) is 7.82. The number of halogens is 1. The van der Waals surface area contributed by atoms with E-state index in [4.69, 9.17) is 4.74 Å². The first-order valence-electron chi connectivity index (χ1n) is 6.26. The molecule has 4 heteroatoms. The first-order valence-corrected chi connectivity index (χ1v) is 6.26. The van der Waals surface area contributed by atoms with Gasteiger partial charge in [-0.2, -0.15) is 0 Å². The molecular formula is C14H20FNO2. The van der Waals surface area contributed by atoms with E-state index in [9.17, 15) is 9.18 Å². The normalized spacial score (nSPS) is 12.2. The molecule has 0 fully saturated rings. The summed E-state index contributed by atoms with van der Waals surface area (Å²) >= 11 is 0. The van der Waals surface area contributed by atoms with Crippen LogP contribution in [0.3, 0.4) is 0 Å². The molecule has 1 aromatic carbocycles. The highest BCUT2D eigenvalue weighted by Gasteiger charge is 2.09. The summed E-state index contributed by atoms with van der Waals surface area (Å²) in [6, 6.07) is 5.87. The van der Waals surface area contributed by atoms with Crippen LogP contribution in [-0.2, 0) is 16.0 Å².